The number of aromatic nitrogens is 7. The Balaban J connectivity index is 1.55. The smallest absolute Gasteiger partial charge is 0.179 e. The van der Waals surface area contributed by atoms with E-state index < -0.39 is 0 Å². The van der Waals surface area contributed by atoms with Crippen molar-refractivity contribution in [2.75, 3.05) is 0 Å². The Labute approximate surface area is 149 Å². The second-order valence-electron chi connectivity index (χ2n) is 6.24. The molecule has 7 nitrogen and oxygen atoms in total. The molecule has 0 saturated heterocycles. The van der Waals surface area contributed by atoms with Crippen LogP contribution in [0.3, 0.4) is 0 Å². The summed E-state index contributed by atoms with van der Waals surface area (Å²) in [5.41, 5.74) is 5.27. The molecule has 26 heavy (non-hydrogen) atoms. The first-order chi connectivity index (χ1) is 12.8. The molecule has 0 N–H and O–H groups in total. The number of imidazole rings is 1. The third-order valence-electron chi connectivity index (χ3n) is 4.33. The molecule has 0 radical (unpaired) electrons. The van der Waals surface area contributed by atoms with E-state index in [4.69, 9.17) is 4.98 Å². The van der Waals surface area contributed by atoms with Crippen molar-refractivity contribution in [1.29, 1.82) is 0 Å². The van der Waals surface area contributed by atoms with E-state index in [9.17, 15) is 0 Å². The number of rotatable bonds is 3. The van der Waals surface area contributed by atoms with E-state index >= 15 is 0 Å². The lowest BCUT2D eigenvalue weighted by Crippen LogP contribution is -2.03. The maximum absolute atomic E-state index is 4.73. The predicted molar refractivity (Wildman–Crippen MR) is 98.4 cm³/mol. The SMILES string of the molecule is Cn1cnc(-c2ccc3nnn(Cc4ccc5ncccc5c4)c3n2)c1. The maximum atomic E-state index is 4.73. The van der Waals surface area contributed by atoms with Crippen LogP contribution in [0.4, 0.5) is 0 Å². The first-order valence-electron chi connectivity index (χ1n) is 8.28. The molecule has 0 aliphatic heterocycles. The number of fused-ring (bicyclic) bond motifs is 2. The van der Waals surface area contributed by atoms with Crippen LogP contribution in [-0.2, 0) is 13.6 Å². The summed E-state index contributed by atoms with van der Waals surface area (Å²) in [4.78, 5) is 13.5. The molecule has 0 saturated carbocycles. The Hall–Kier alpha value is -3.61. The predicted octanol–water partition coefficient (Wildman–Crippen LogP) is 2.82. The quantitative estimate of drug-likeness (QED) is 0.504. The fourth-order valence-corrected chi connectivity index (χ4v) is 3.04. The zero-order valence-corrected chi connectivity index (χ0v) is 14.1. The summed E-state index contributed by atoms with van der Waals surface area (Å²) in [7, 11) is 1.94. The summed E-state index contributed by atoms with van der Waals surface area (Å²) in [5.74, 6) is 0. The molecule has 0 fully saturated rings. The molecule has 0 aliphatic rings. The van der Waals surface area contributed by atoms with Crippen molar-refractivity contribution < 1.29 is 0 Å². The van der Waals surface area contributed by atoms with Crippen molar-refractivity contribution in [2.24, 2.45) is 7.05 Å². The minimum Gasteiger partial charge on any atom is -0.340 e. The van der Waals surface area contributed by atoms with E-state index in [1.807, 2.05) is 46.8 Å². The number of aryl methyl sites for hydroxylation is 1. The van der Waals surface area contributed by atoms with Crippen LogP contribution in [0.2, 0.25) is 0 Å². The Morgan fingerprint density at radius 1 is 0.962 bits per heavy atom. The van der Waals surface area contributed by atoms with Gasteiger partial charge in [0.2, 0.25) is 0 Å². The van der Waals surface area contributed by atoms with Gasteiger partial charge in [-0.25, -0.2) is 14.6 Å². The highest BCUT2D eigenvalue weighted by Crippen LogP contribution is 2.19. The summed E-state index contributed by atoms with van der Waals surface area (Å²) in [6, 6.07) is 14.1. The van der Waals surface area contributed by atoms with Crippen LogP contribution in [0.1, 0.15) is 5.56 Å². The number of hydrogen-bond acceptors (Lipinski definition) is 5. The standard InChI is InChI=1S/C19H15N7/c1-25-11-18(21-12-25)16-6-7-17-19(22-16)26(24-23-17)10-13-4-5-15-14(9-13)3-2-8-20-15/h2-9,11-12H,10H2,1H3. The van der Waals surface area contributed by atoms with Gasteiger partial charge in [-0.1, -0.05) is 17.3 Å². The van der Waals surface area contributed by atoms with Crippen LogP contribution >= 0.6 is 0 Å². The van der Waals surface area contributed by atoms with Crippen LogP contribution in [0.5, 0.6) is 0 Å². The van der Waals surface area contributed by atoms with E-state index in [1.165, 1.54) is 0 Å². The molecule has 7 heteroatoms. The third kappa shape index (κ3) is 2.50. The lowest BCUT2D eigenvalue weighted by molar-refractivity contribution is 0.664. The molecular formula is C19H15N7. The van der Waals surface area contributed by atoms with Gasteiger partial charge < -0.3 is 4.57 Å². The van der Waals surface area contributed by atoms with E-state index in [-0.39, 0.29) is 0 Å². The number of nitrogens with zero attached hydrogens (tertiary/aromatic N) is 7. The topological polar surface area (TPSA) is 74.3 Å². The van der Waals surface area contributed by atoms with Gasteiger partial charge in [0.1, 0.15) is 11.2 Å². The number of benzene rings is 1. The third-order valence-corrected chi connectivity index (χ3v) is 4.33. The van der Waals surface area contributed by atoms with E-state index in [0.717, 1.165) is 39.0 Å². The molecule has 4 aromatic heterocycles. The minimum absolute atomic E-state index is 0.597. The van der Waals surface area contributed by atoms with Crippen LogP contribution in [0.15, 0.2) is 61.2 Å². The van der Waals surface area contributed by atoms with Crippen molar-refractivity contribution in [3.63, 3.8) is 0 Å². The monoisotopic (exact) mass is 341 g/mol. The van der Waals surface area contributed by atoms with Crippen molar-refractivity contribution in [2.45, 2.75) is 6.54 Å². The van der Waals surface area contributed by atoms with Gasteiger partial charge in [0.25, 0.3) is 0 Å². The normalized spacial score (nSPS) is 11.4. The Morgan fingerprint density at radius 3 is 2.77 bits per heavy atom. The second kappa shape index (κ2) is 5.73. The van der Waals surface area contributed by atoms with Crippen LogP contribution in [0, 0.1) is 0 Å². The number of hydrogen-bond donors (Lipinski definition) is 0. The van der Waals surface area contributed by atoms with Crippen molar-refractivity contribution in [3.8, 4) is 11.4 Å². The fraction of sp³-hybridized carbons (Fsp3) is 0.105. The molecular weight excluding hydrogens is 326 g/mol. The zero-order chi connectivity index (χ0) is 17.5. The van der Waals surface area contributed by atoms with Crippen molar-refractivity contribution >= 4 is 22.1 Å². The van der Waals surface area contributed by atoms with E-state index in [0.29, 0.717) is 6.54 Å². The highest BCUT2D eigenvalue weighted by Gasteiger charge is 2.10. The molecule has 5 aromatic rings. The molecule has 0 atom stereocenters. The molecule has 0 aliphatic carbocycles. The first kappa shape index (κ1) is 14.7. The van der Waals surface area contributed by atoms with Gasteiger partial charge in [0.05, 0.1) is 24.1 Å². The molecule has 0 amide bonds. The van der Waals surface area contributed by atoms with Gasteiger partial charge in [-0.2, -0.15) is 0 Å². The van der Waals surface area contributed by atoms with Gasteiger partial charge >= 0.3 is 0 Å². The zero-order valence-electron chi connectivity index (χ0n) is 14.1. The average Bonchev–Trinajstić information content (AvgIpc) is 3.28. The average molecular weight is 341 g/mol. The summed E-state index contributed by atoms with van der Waals surface area (Å²) in [5, 5.41) is 9.61. The lowest BCUT2D eigenvalue weighted by Gasteiger charge is -2.04. The van der Waals surface area contributed by atoms with Gasteiger partial charge in [0, 0.05) is 24.8 Å². The molecule has 1 aromatic carbocycles. The molecule has 126 valence electrons. The molecule has 0 bridgehead atoms. The van der Waals surface area contributed by atoms with Crippen LogP contribution in [0.25, 0.3) is 33.5 Å². The highest BCUT2D eigenvalue weighted by molar-refractivity contribution is 5.79. The van der Waals surface area contributed by atoms with Gasteiger partial charge in [-0.15, -0.1) is 5.10 Å². The first-order valence-corrected chi connectivity index (χ1v) is 8.28. The molecule has 4 heterocycles. The summed E-state index contributed by atoms with van der Waals surface area (Å²) in [6.45, 7) is 0.597. The molecule has 5 rings (SSSR count). The van der Waals surface area contributed by atoms with Crippen molar-refractivity contribution in [3.05, 3.63) is 66.7 Å². The fourth-order valence-electron chi connectivity index (χ4n) is 3.04. The molecule has 0 unspecified atom stereocenters. The Morgan fingerprint density at radius 2 is 1.88 bits per heavy atom. The second-order valence-corrected chi connectivity index (χ2v) is 6.24. The number of pyridine rings is 2. The summed E-state index contributed by atoms with van der Waals surface area (Å²) in [6.07, 6.45) is 5.51. The van der Waals surface area contributed by atoms with E-state index in [2.05, 4.69) is 38.5 Å². The Bertz CT molecular complexity index is 1240. The van der Waals surface area contributed by atoms with Gasteiger partial charge in [-0.05, 0) is 35.9 Å². The van der Waals surface area contributed by atoms with Gasteiger partial charge in [-0.3, -0.25) is 4.98 Å². The van der Waals surface area contributed by atoms with Gasteiger partial charge in [0.15, 0.2) is 5.65 Å². The Kier molecular flexibility index (Phi) is 3.24. The summed E-state index contributed by atoms with van der Waals surface area (Å²) < 4.78 is 3.72. The lowest BCUT2D eigenvalue weighted by atomic mass is 10.1. The largest absolute Gasteiger partial charge is 0.340 e. The molecule has 0 spiro atoms. The maximum Gasteiger partial charge on any atom is 0.179 e. The van der Waals surface area contributed by atoms with Crippen LogP contribution in [-0.4, -0.2) is 34.5 Å². The summed E-state index contributed by atoms with van der Waals surface area (Å²) >= 11 is 0. The van der Waals surface area contributed by atoms with Crippen LogP contribution < -0.4 is 0 Å². The van der Waals surface area contributed by atoms with E-state index in [1.54, 1.807) is 12.5 Å². The van der Waals surface area contributed by atoms with Crippen molar-refractivity contribution in [1.82, 2.24) is 34.5 Å². The highest BCUT2D eigenvalue weighted by atomic mass is 15.4. The minimum atomic E-state index is 0.597.